The number of amides is 1. The lowest BCUT2D eigenvalue weighted by atomic mass is 9.83. The van der Waals surface area contributed by atoms with Crippen LogP contribution in [0.2, 0.25) is 0 Å². The minimum Gasteiger partial charge on any atom is -0.392 e. The van der Waals surface area contributed by atoms with Crippen LogP contribution in [0.25, 0.3) is 0 Å². The van der Waals surface area contributed by atoms with Gasteiger partial charge >= 0.3 is 0 Å². The second-order valence-electron chi connectivity index (χ2n) is 6.25. The van der Waals surface area contributed by atoms with Gasteiger partial charge in [0.2, 0.25) is 0 Å². The molecule has 0 aromatic heterocycles. The molecule has 0 aliphatic rings. The molecule has 0 aromatic rings. The second-order valence-corrected chi connectivity index (χ2v) is 6.25. The van der Waals surface area contributed by atoms with Crippen LogP contribution in [-0.2, 0) is 9.59 Å². The molecule has 0 aromatic carbocycles. The van der Waals surface area contributed by atoms with E-state index in [0.29, 0.717) is 12.8 Å². The van der Waals surface area contributed by atoms with Gasteiger partial charge in [-0.15, -0.1) is 6.42 Å². The molecule has 2 atom stereocenters. The number of carbonyl (C=O) groups excluding carboxylic acids is 2. The van der Waals surface area contributed by atoms with Gasteiger partial charge in [-0.3, -0.25) is 9.59 Å². The number of hydrogen-bond acceptors (Lipinski definition) is 3. The van der Waals surface area contributed by atoms with E-state index >= 15 is 0 Å². The minimum absolute atomic E-state index is 0.102. The molecule has 1 amide bonds. The van der Waals surface area contributed by atoms with E-state index in [0.717, 1.165) is 0 Å². The quantitative estimate of drug-likeness (QED) is 0.534. The third kappa shape index (κ3) is 8.43. The molecule has 0 radical (unpaired) electrons. The number of Topliss-reactive ketones (excluding diaryl/α,β-unsaturated/α-hetero) is 1. The zero-order valence-electron chi connectivity index (χ0n) is 13.9. The van der Waals surface area contributed by atoms with Crippen molar-refractivity contribution in [1.29, 1.82) is 0 Å². The Kier molecular flexibility index (Phi) is 9.12. The van der Waals surface area contributed by atoms with E-state index in [1.807, 2.05) is 45.8 Å². The maximum atomic E-state index is 12.2. The standard InChI is InChI=1S/C18H27NO3/c1-6-8-11-14(20)12-9-10-13-15(21)17(18(3,4)5)19-16(22)7-2/h2,6,8-10,14,17,20H,11-13H2,1,3-5H3,(H,19,22)/b8-6-,10-9-/t14-,17+/m0/s1. The Hall–Kier alpha value is -1.86. The van der Waals surface area contributed by atoms with Gasteiger partial charge in [0.25, 0.3) is 5.91 Å². The number of rotatable bonds is 8. The lowest BCUT2D eigenvalue weighted by Gasteiger charge is -2.29. The number of aliphatic hydroxyl groups is 1. The molecule has 0 bridgehead atoms. The van der Waals surface area contributed by atoms with E-state index in [1.165, 1.54) is 0 Å². The smallest absolute Gasteiger partial charge is 0.296 e. The van der Waals surface area contributed by atoms with E-state index in [9.17, 15) is 14.7 Å². The van der Waals surface area contributed by atoms with Gasteiger partial charge in [0.05, 0.1) is 12.1 Å². The zero-order chi connectivity index (χ0) is 17.2. The van der Waals surface area contributed by atoms with Crippen LogP contribution in [0.15, 0.2) is 24.3 Å². The average Bonchev–Trinajstić information content (AvgIpc) is 2.45. The SMILES string of the molecule is C#CC(=O)N[C@H](C(=O)C/C=C\C[C@@H](O)C/C=C\C)C(C)(C)C. The van der Waals surface area contributed by atoms with Gasteiger partial charge in [-0.05, 0) is 31.1 Å². The predicted molar refractivity (Wildman–Crippen MR) is 89.0 cm³/mol. The summed E-state index contributed by atoms with van der Waals surface area (Å²) in [5.74, 6) is 1.28. The topological polar surface area (TPSA) is 66.4 Å². The highest BCUT2D eigenvalue weighted by atomic mass is 16.3. The summed E-state index contributed by atoms with van der Waals surface area (Å²) in [7, 11) is 0. The van der Waals surface area contributed by atoms with Crippen molar-refractivity contribution in [3.63, 3.8) is 0 Å². The van der Waals surface area contributed by atoms with Gasteiger partial charge in [-0.1, -0.05) is 45.1 Å². The van der Waals surface area contributed by atoms with Crippen LogP contribution in [0.5, 0.6) is 0 Å². The number of allylic oxidation sites excluding steroid dienone is 2. The van der Waals surface area contributed by atoms with Crippen molar-refractivity contribution in [3.05, 3.63) is 24.3 Å². The van der Waals surface area contributed by atoms with Crippen LogP contribution in [0.1, 0.15) is 47.0 Å². The largest absolute Gasteiger partial charge is 0.392 e. The molecule has 0 fully saturated rings. The third-order valence-electron chi connectivity index (χ3n) is 3.13. The van der Waals surface area contributed by atoms with Crippen LogP contribution in [0, 0.1) is 17.8 Å². The summed E-state index contributed by atoms with van der Waals surface area (Å²) in [6.07, 6.45) is 13.2. The van der Waals surface area contributed by atoms with E-state index in [2.05, 4.69) is 5.32 Å². The third-order valence-corrected chi connectivity index (χ3v) is 3.13. The minimum atomic E-state index is -0.631. The molecule has 0 saturated heterocycles. The van der Waals surface area contributed by atoms with Gasteiger partial charge in [-0.2, -0.15) is 0 Å². The Labute approximate surface area is 133 Å². The Bertz CT molecular complexity index is 464. The Morgan fingerprint density at radius 3 is 2.32 bits per heavy atom. The first-order chi connectivity index (χ1) is 10.2. The summed E-state index contributed by atoms with van der Waals surface area (Å²) in [6, 6.07) is -0.631. The van der Waals surface area contributed by atoms with Gasteiger partial charge in [0.1, 0.15) is 0 Å². The van der Waals surface area contributed by atoms with Crippen molar-refractivity contribution in [3.8, 4) is 12.3 Å². The number of aliphatic hydroxyl groups excluding tert-OH is 1. The van der Waals surface area contributed by atoms with Crippen molar-refractivity contribution in [2.24, 2.45) is 5.41 Å². The van der Waals surface area contributed by atoms with E-state index in [1.54, 1.807) is 12.2 Å². The van der Waals surface area contributed by atoms with Crippen LogP contribution >= 0.6 is 0 Å². The highest BCUT2D eigenvalue weighted by Gasteiger charge is 2.31. The molecule has 0 spiro atoms. The molecular weight excluding hydrogens is 278 g/mol. The monoisotopic (exact) mass is 305 g/mol. The summed E-state index contributed by atoms with van der Waals surface area (Å²) in [4.78, 5) is 23.6. The maximum absolute atomic E-state index is 12.2. The number of hydrogen-bond donors (Lipinski definition) is 2. The van der Waals surface area contributed by atoms with Gasteiger partial charge in [0.15, 0.2) is 5.78 Å². The Morgan fingerprint density at radius 2 is 1.82 bits per heavy atom. The molecule has 4 nitrogen and oxygen atoms in total. The van der Waals surface area contributed by atoms with Gasteiger partial charge in [-0.25, -0.2) is 0 Å². The summed E-state index contributed by atoms with van der Waals surface area (Å²) in [5, 5.41) is 12.2. The lowest BCUT2D eigenvalue weighted by molar-refractivity contribution is -0.127. The van der Waals surface area contributed by atoms with Crippen molar-refractivity contribution in [1.82, 2.24) is 5.32 Å². The van der Waals surface area contributed by atoms with Crippen molar-refractivity contribution < 1.29 is 14.7 Å². The Morgan fingerprint density at radius 1 is 1.23 bits per heavy atom. The number of terminal acetylenes is 1. The fourth-order valence-electron chi connectivity index (χ4n) is 1.91. The molecule has 122 valence electrons. The van der Waals surface area contributed by atoms with Crippen molar-refractivity contribution >= 4 is 11.7 Å². The first-order valence-electron chi connectivity index (χ1n) is 7.46. The summed E-state index contributed by atoms with van der Waals surface area (Å²) in [5.41, 5.74) is -0.414. The second kappa shape index (κ2) is 9.97. The number of nitrogens with one attached hydrogen (secondary N) is 1. The molecule has 2 N–H and O–H groups in total. The molecule has 0 rings (SSSR count). The average molecular weight is 305 g/mol. The lowest BCUT2D eigenvalue weighted by Crippen LogP contribution is -2.48. The summed E-state index contributed by atoms with van der Waals surface area (Å²) in [6.45, 7) is 7.52. The summed E-state index contributed by atoms with van der Waals surface area (Å²) >= 11 is 0. The first kappa shape index (κ1) is 20.1. The highest BCUT2D eigenvalue weighted by molar-refractivity contribution is 5.97. The fourth-order valence-corrected chi connectivity index (χ4v) is 1.91. The predicted octanol–water partition coefficient (Wildman–Crippen LogP) is 2.38. The zero-order valence-corrected chi connectivity index (χ0v) is 13.9. The molecule has 4 heteroatoms. The summed E-state index contributed by atoms with van der Waals surface area (Å²) < 4.78 is 0. The number of ketones is 1. The number of carbonyl (C=O) groups is 2. The molecule has 0 saturated carbocycles. The van der Waals surface area contributed by atoms with Gasteiger partial charge in [0, 0.05) is 6.42 Å². The van der Waals surface area contributed by atoms with Crippen LogP contribution in [-0.4, -0.2) is 28.9 Å². The van der Waals surface area contributed by atoms with E-state index < -0.39 is 23.5 Å². The van der Waals surface area contributed by atoms with E-state index in [4.69, 9.17) is 6.42 Å². The van der Waals surface area contributed by atoms with Crippen LogP contribution in [0.3, 0.4) is 0 Å². The van der Waals surface area contributed by atoms with Crippen molar-refractivity contribution in [2.45, 2.75) is 59.1 Å². The maximum Gasteiger partial charge on any atom is 0.296 e. The van der Waals surface area contributed by atoms with E-state index in [-0.39, 0.29) is 12.2 Å². The fraction of sp³-hybridized carbons (Fsp3) is 0.556. The molecule has 22 heavy (non-hydrogen) atoms. The molecular formula is C18H27NO3. The molecule has 0 unspecified atom stereocenters. The van der Waals surface area contributed by atoms with Crippen LogP contribution < -0.4 is 5.32 Å². The highest BCUT2D eigenvalue weighted by Crippen LogP contribution is 2.21. The Balaban J connectivity index is 4.52. The normalized spacial score (nSPS) is 14.7. The first-order valence-corrected chi connectivity index (χ1v) is 7.46. The molecule has 0 heterocycles. The van der Waals surface area contributed by atoms with Crippen LogP contribution in [0.4, 0.5) is 0 Å². The van der Waals surface area contributed by atoms with Gasteiger partial charge < -0.3 is 10.4 Å². The molecule has 0 aliphatic carbocycles. The molecule has 0 aliphatic heterocycles. The van der Waals surface area contributed by atoms with Crippen molar-refractivity contribution in [2.75, 3.05) is 0 Å².